The van der Waals surface area contributed by atoms with E-state index >= 15 is 0 Å². The molecule has 4 nitrogen and oxygen atoms in total. The number of carbonyl (C=O) groups is 1. The lowest BCUT2D eigenvalue weighted by molar-refractivity contribution is 0.102. The van der Waals surface area contributed by atoms with E-state index in [1.807, 2.05) is 13.0 Å². The highest BCUT2D eigenvalue weighted by atomic mass is 19.1. The number of nitrogens with zero attached hydrogens (tertiary/aromatic N) is 1. The number of amides is 1. The van der Waals surface area contributed by atoms with Gasteiger partial charge in [-0.1, -0.05) is 16.8 Å². The monoisotopic (exact) mass is 288 g/mol. The van der Waals surface area contributed by atoms with Gasteiger partial charge in [0.05, 0.1) is 10.9 Å². The number of benzene rings is 2. The molecule has 0 atom stereocenters. The Bertz CT molecular complexity index is 843. The van der Waals surface area contributed by atoms with Crippen LogP contribution in [0.2, 0.25) is 0 Å². The van der Waals surface area contributed by atoms with E-state index in [1.165, 1.54) is 0 Å². The number of halogens is 2. The fraction of sp³-hybridized carbons (Fsp3) is 0.0667. The van der Waals surface area contributed by atoms with Crippen LogP contribution in [0.15, 0.2) is 40.9 Å². The molecule has 0 unspecified atom stereocenters. The molecule has 0 saturated heterocycles. The number of fused-ring (bicyclic) bond motifs is 1. The van der Waals surface area contributed by atoms with E-state index in [1.54, 1.807) is 12.1 Å². The van der Waals surface area contributed by atoms with Gasteiger partial charge in [-0.2, -0.15) is 0 Å². The molecular formula is C15H10F2N2O2. The molecular weight excluding hydrogens is 278 g/mol. The summed E-state index contributed by atoms with van der Waals surface area (Å²) in [7, 11) is 0. The van der Waals surface area contributed by atoms with Crippen molar-refractivity contribution in [3.63, 3.8) is 0 Å². The van der Waals surface area contributed by atoms with E-state index in [9.17, 15) is 13.6 Å². The van der Waals surface area contributed by atoms with E-state index in [0.717, 1.165) is 17.7 Å². The topological polar surface area (TPSA) is 55.1 Å². The smallest absolute Gasteiger partial charge is 0.259 e. The van der Waals surface area contributed by atoms with Crippen molar-refractivity contribution in [2.75, 3.05) is 5.32 Å². The zero-order valence-corrected chi connectivity index (χ0v) is 11.0. The Morgan fingerprint density at radius 1 is 1.19 bits per heavy atom. The number of hydrogen-bond acceptors (Lipinski definition) is 3. The fourth-order valence-electron chi connectivity index (χ4n) is 1.99. The molecule has 1 amide bonds. The Kier molecular flexibility index (Phi) is 3.13. The van der Waals surface area contributed by atoms with Gasteiger partial charge in [-0.25, -0.2) is 8.78 Å². The molecule has 0 aliphatic heterocycles. The van der Waals surface area contributed by atoms with Gasteiger partial charge in [0.25, 0.3) is 5.91 Å². The van der Waals surface area contributed by atoms with Gasteiger partial charge in [-0.15, -0.1) is 0 Å². The van der Waals surface area contributed by atoms with Crippen molar-refractivity contribution < 1.29 is 18.1 Å². The van der Waals surface area contributed by atoms with E-state index in [-0.39, 0.29) is 11.4 Å². The molecule has 21 heavy (non-hydrogen) atoms. The largest absolute Gasteiger partial charge is 0.354 e. The molecule has 3 aromatic rings. The van der Waals surface area contributed by atoms with Crippen LogP contribution >= 0.6 is 0 Å². The summed E-state index contributed by atoms with van der Waals surface area (Å²) in [4.78, 5) is 12.0. The SMILES string of the molecule is Cc1ccc2onc(NC(=O)c3ccc(F)cc3F)c2c1. The third-order valence-electron chi connectivity index (χ3n) is 3.03. The first kappa shape index (κ1) is 13.2. The molecule has 3 rings (SSSR count). The number of aryl methyl sites for hydroxylation is 1. The highest BCUT2D eigenvalue weighted by Gasteiger charge is 2.16. The lowest BCUT2D eigenvalue weighted by Gasteiger charge is -2.03. The van der Waals surface area contributed by atoms with Gasteiger partial charge in [-0.05, 0) is 31.2 Å². The summed E-state index contributed by atoms with van der Waals surface area (Å²) < 4.78 is 31.5. The highest BCUT2D eigenvalue weighted by Crippen LogP contribution is 2.24. The summed E-state index contributed by atoms with van der Waals surface area (Å²) in [6.07, 6.45) is 0. The first-order valence-corrected chi connectivity index (χ1v) is 6.17. The minimum atomic E-state index is -0.934. The molecule has 0 fully saturated rings. The van der Waals surface area contributed by atoms with Crippen molar-refractivity contribution in [1.82, 2.24) is 5.16 Å². The quantitative estimate of drug-likeness (QED) is 0.782. The molecule has 0 radical (unpaired) electrons. The van der Waals surface area contributed by atoms with E-state index < -0.39 is 17.5 Å². The Hall–Kier alpha value is -2.76. The normalized spacial score (nSPS) is 10.8. The Morgan fingerprint density at radius 2 is 2.00 bits per heavy atom. The van der Waals surface area contributed by atoms with Crippen LogP contribution in [0.1, 0.15) is 15.9 Å². The number of anilines is 1. The van der Waals surface area contributed by atoms with Crippen LogP contribution in [-0.2, 0) is 0 Å². The van der Waals surface area contributed by atoms with Crippen molar-refractivity contribution in [3.8, 4) is 0 Å². The number of rotatable bonds is 2. The zero-order chi connectivity index (χ0) is 15.0. The van der Waals surface area contributed by atoms with Crippen LogP contribution in [0.3, 0.4) is 0 Å². The lowest BCUT2D eigenvalue weighted by atomic mass is 10.1. The fourth-order valence-corrected chi connectivity index (χ4v) is 1.99. The maximum atomic E-state index is 13.6. The molecule has 0 bridgehead atoms. The number of carbonyl (C=O) groups excluding carboxylic acids is 1. The van der Waals surface area contributed by atoms with E-state index in [2.05, 4.69) is 10.5 Å². The Balaban J connectivity index is 1.94. The Labute approximate surface area is 118 Å². The van der Waals surface area contributed by atoms with Gasteiger partial charge in [-0.3, -0.25) is 4.79 Å². The van der Waals surface area contributed by atoms with Gasteiger partial charge in [0.2, 0.25) is 0 Å². The summed E-state index contributed by atoms with van der Waals surface area (Å²) in [6, 6.07) is 8.11. The minimum absolute atomic E-state index is 0.197. The van der Waals surface area contributed by atoms with Crippen molar-refractivity contribution in [1.29, 1.82) is 0 Å². The van der Waals surface area contributed by atoms with Crippen LogP contribution in [0.5, 0.6) is 0 Å². The van der Waals surface area contributed by atoms with Gasteiger partial charge in [0, 0.05) is 6.07 Å². The molecule has 0 aliphatic carbocycles. The summed E-state index contributed by atoms with van der Waals surface area (Å²) >= 11 is 0. The average molecular weight is 288 g/mol. The molecule has 106 valence electrons. The third kappa shape index (κ3) is 2.47. The van der Waals surface area contributed by atoms with Crippen LogP contribution in [0.4, 0.5) is 14.6 Å². The number of nitrogens with one attached hydrogen (secondary N) is 1. The first-order chi connectivity index (χ1) is 10.0. The van der Waals surface area contributed by atoms with Crippen LogP contribution in [0.25, 0.3) is 11.0 Å². The summed E-state index contributed by atoms with van der Waals surface area (Å²) in [5.41, 5.74) is 1.21. The second-order valence-corrected chi connectivity index (χ2v) is 4.61. The van der Waals surface area contributed by atoms with Crippen molar-refractivity contribution in [3.05, 3.63) is 59.2 Å². The molecule has 1 aromatic heterocycles. The predicted octanol–water partition coefficient (Wildman–Crippen LogP) is 3.67. The van der Waals surface area contributed by atoms with Gasteiger partial charge in [0.15, 0.2) is 11.4 Å². The lowest BCUT2D eigenvalue weighted by Crippen LogP contribution is -2.14. The highest BCUT2D eigenvalue weighted by molar-refractivity contribution is 6.07. The molecule has 6 heteroatoms. The Morgan fingerprint density at radius 3 is 2.76 bits per heavy atom. The third-order valence-corrected chi connectivity index (χ3v) is 3.03. The summed E-state index contributed by atoms with van der Waals surface area (Å²) in [5, 5.41) is 6.82. The maximum absolute atomic E-state index is 13.6. The van der Waals surface area contributed by atoms with Crippen molar-refractivity contribution in [2.24, 2.45) is 0 Å². The standard InChI is InChI=1S/C15H10F2N2O2/c1-8-2-5-13-11(6-8)14(19-21-13)18-15(20)10-4-3-9(16)7-12(10)17/h2-7H,1H3,(H,18,19,20). The molecule has 0 aliphatic rings. The molecule has 1 heterocycles. The molecule has 1 N–H and O–H groups in total. The molecule has 0 spiro atoms. The maximum Gasteiger partial charge on any atom is 0.259 e. The van der Waals surface area contributed by atoms with Crippen molar-refractivity contribution >= 4 is 22.7 Å². The minimum Gasteiger partial charge on any atom is -0.354 e. The predicted molar refractivity (Wildman–Crippen MR) is 73.1 cm³/mol. The number of aromatic nitrogens is 1. The van der Waals surface area contributed by atoms with Gasteiger partial charge >= 0.3 is 0 Å². The first-order valence-electron chi connectivity index (χ1n) is 6.17. The van der Waals surface area contributed by atoms with Crippen LogP contribution in [0, 0.1) is 18.6 Å². The van der Waals surface area contributed by atoms with E-state index in [4.69, 9.17) is 4.52 Å². The second-order valence-electron chi connectivity index (χ2n) is 4.61. The summed E-state index contributed by atoms with van der Waals surface area (Å²) in [6.45, 7) is 1.89. The van der Waals surface area contributed by atoms with E-state index in [0.29, 0.717) is 17.0 Å². The average Bonchev–Trinajstić information content (AvgIpc) is 2.81. The van der Waals surface area contributed by atoms with Crippen molar-refractivity contribution in [2.45, 2.75) is 6.92 Å². The molecule has 2 aromatic carbocycles. The summed E-state index contributed by atoms with van der Waals surface area (Å²) in [5.74, 6) is -2.20. The zero-order valence-electron chi connectivity index (χ0n) is 11.0. The second kappa shape index (κ2) is 4.97. The number of hydrogen-bond donors (Lipinski definition) is 1. The molecule has 0 saturated carbocycles. The van der Waals surface area contributed by atoms with Crippen LogP contribution < -0.4 is 5.32 Å². The van der Waals surface area contributed by atoms with Gasteiger partial charge < -0.3 is 9.84 Å². The van der Waals surface area contributed by atoms with Crippen LogP contribution in [-0.4, -0.2) is 11.1 Å². The van der Waals surface area contributed by atoms with Gasteiger partial charge in [0.1, 0.15) is 11.6 Å².